The van der Waals surface area contributed by atoms with Crippen LogP contribution in [0.5, 0.6) is 0 Å². The zero-order chi connectivity index (χ0) is 46.8. The minimum absolute atomic E-state index is 0.549. The van der Waals surface area contributed by atoms with Crippen LogP contribution >= 0.6 is 0 Å². The Kier molecular flexibility index (Phi) is 9.35. The van der Waals surface area contributed by atoms with Crippen LogP contribution in [-0.2, 0) is 0 Å². The second-order valence-electron chi connectivity index (χ2n) is 17.7. The molecule has 71 heavy (non-hydrogen) atoms. The number of fused-ring (bicyclic) bond motifs is 6. The van der Waals surface area contributed by atoms with Gasteiger partial charge >= 0.3 is 0 Å². The van der Waals surface area contributed by atoms with Crippen molar-refractivity contribution in [1.29, 1.82) is 0 Å². The molecule has 332 valence electrons. The Bertz CT molecular complexity index is 4110. The maximum atomic E-state index is 6.07. The van der Waals surface area contributed by atoms with Gasteiger partial charge < -0.3 is 13.4 Å². The van der Waals surface area contributed by atoms with Gasteiger partial charge in [-0.05, 0) is 118 Å². The Morgan fingerprint density at radius 1 is 0.282 bits per heavy atom. The van der Waals surface area contributed by atoms with Gasteiger partial charge in [-0.25, -0.2) is 24.9 Å². The quantitative estimate of drug-likeness (QED) is 0.150. The summed E-state index contributed by atoms with van der Waals surface area (Å²) >= 11 is 0. The molecule has 0 spiro atoms. The molecule has 14 aromatic rings. The molecule has 0 bridgehead atoms. The van der Waals surface area contributed by atoms with Gasteiger partial charge in [-0.1, -0.05) is 146 Å². The van der Waals surface area contributed by atoms with Crippen molar-refractivity contribution >= 4 is 54.8 Å². The normalized spacial score (nSPS) is 11.7. The molecule has 4 heterocycles. The number of para-hydroxylation sites is 5. The molecule has 0 aliphatic rings. The lowest BCUT2D eigenvalue weighted by Crippen LogP contribution is -2.00. The van der Waals surface area contributed by atoms with E-state index in [0.717, 1.165) is 66.8 Å². The van der Waals surface area contributed by atoms with Crippen molar-refractivity contribution in [3.8, 4) is 85.0 Å². The summed E-state index contributed by atoms with van der Waals surface area (Å²) in [6.45, 7) is 0. The molecule has 0 aliphatic carbocycles. The molecule has 0 unspecified atom stereocenters. The van der Waals surface area contributed by atoms with Crippen molar-refractivity contribution in [3.05, 3.63) is 231 Å². The third-order valence-electron chi connectivity index (χ3n) is 13.3. The van der Waals surface area contributed by atoms with E-state index in [2.05, 4.69) is 138 Å². The molecule has 0 aliphatic heterocycles. The lowest BCUT2D eigenvalue weighted by atomic mass is 9.99. The van der Waals surface area contributed by atoms with Gasteiger partial charge in [0, 0.05) is 44.3 Å². The van der Waals surface area contributed by atoms with Gasteiger partial charge in [-0.2, -0.15) is 0 Å². The first kappa shape index (κ1) is 40.3. The van der Waals surface area contributed by atoms with Crippen LogP contribution < -0.4 is 0 Å². The van der Waals surface area contributed by atoms with Gasteiger partial charge in [-0.3, -0.25) is 0 Å². The monoisotopic (exact) mass is 910 g/mol. The van der Waals surface area contributed by atoms with E-state index in [9.17, 15) is 0 Å². The highest BCUT2D eigenvalue weighted by Gasteiger charge is 2.17. The van der Waals surface area contributed by atoms with Crippen molar-refractivity contribution in [2.45, 2.75) is 0 Å². The Morgan fingerprint density at radius 2 is 0.732 bits per heavy atom. The van der Waals surface area contributed by atoms with E-state index in [1.54, 1.807) is 0 Å². The molecule has 8 heteroatoms. The lowest BCUT2D eigenvalue weighted by Gasteiger charge is -2.11. The van der Waals surface area contributed by atoms with Crippen LogP contribution in [0.2, 0.25) is 0 Å². The molecule has 0 N–H and O–H groups in total. The second kappa shape index (κ2) is 16.5. The highest BCUT2D eigenvalue weighted by atomic mass is 16.4. The summed E-state index contributed by atoms with van der Waals surface area (Å²) in [5, 5.41) is 4.80. The highest BCUT2D eigenvalue weighted by molar-refractivity contribution is 6.14. The van der Waals surface area contributed by atoms with Crippen molar-refractivity contribution < 1.29 is 8.83 Å². The molecule has 4 aromatic heterocycles. The number of rotatable bonds is 8. The summed E-state index contributed by atoms with van der Waals surface area (Å²) < 4.78 is 14.5. The molecule has 0 atom stereocenters. The predicted molar refractivity (Wildman–Crippen MR) is 285 cm³/mol. The van der Waals surface area contributed by atoms with E-state index in [4.69, 9.17) is 33.8 Å². The van der Waals surface area contributed by atoms with Crippen LogP contribution in [0.15, 0.2) is 239 Å². The van der Waals surface area contributed by atoms with E-state index < -0.39 is 0 Å². The van der Waals surface area contributed by atoms with E-state index in [0.29, 0.717) is 29.3 Å². The first-order valence-electron chi connectivity index (χ1n) is 23.5. The first-order chi connectivity index (χ1) is 35.1. The van der Waals surface area contributed by atoms with Gasteiger partial charge in [0.2, 0.25) is 11.8 Å². The fourth-order valence-electron chi connectivity index (χ4n) is 9.69. The molecular formula is C63H38N6O2. The molecule has 0 saturated heterocycles. The maximum Gasteiger partial charge on any atom is 0.227 e. The minimum Gasteiger partial charge on any atom is -0.436 e. The average molecular weight is 911 g/mol. The molecule has 8 nitrogen and oxygen atoms in total. The Hall–Kier alpha value is -9.79. The lowest BCUT2D eigenvalue weighted by molar-refractivity contribution is 0.619. The number of nitrogens with zero attached hydrogens (tertiary/aromatic N) is 6. The number of oxazole rings is 2. The molecule has 10 aromatic carbocycles. The molecular weight excluding hydrogens is 873 g/mol. The molecule has 0 saturated carbocycles. The predicted octanol–water partition coefficient (Wildman–Crippen LogP) is 16.1. The average Bonchev–Trinajstić information content (AvgIpc) is 4.17. The third-order valence-corrected chi connectivity index (χ3v) is 13.3. The van der Waals surface area contributed by atoms with E-state index in [1.807, 2.05) is 97.1 Å². The van der Waals surface area contributed by atoms with Gasteiger partial charge in [-0.15, -0.1) is 0 Å². The maximum absolute atomic E-state index is 6.07. The summed E-state index contributed by atoms with van der Waals surface area (Å²) in [7, 11) is 0. The van der Waals surface area contributed by atoms with Gasteiger partial charge in [0.05, 0.1) is 11.0 Å². The fourth-order valence-corrected chi connectivity index (χ4v) is 9.69. The summed E-state index contributed by atoms with van der Waals surface area (Å²) in [5.41, 5.74) is 15.5. The smallest absolute Gasteiger partial charge is 0.227 e. The summed E-state index contributed by atoms with van der Waals surface area (Å²) in [6.07, 6.45) is 0. The fraction of sp³-hybridized carbons (Fsp3) is 0. The number of aromatic nitrogens is 6. The van der Waals surface area contributed by atoms with E-state index in [1.165, 1.54) is 43.7 Å². The van der Waals surface area contributed by atoms with Crippen LogP contribution in [0.1, 0.15) is 0 Å². The number of hydrogen-bond acceptors (Lipinski definition) is 7. The van der Waals surface area contributed by atoms with Gasteiger partial charge in [0.1, 0.15) is 11.0 Å². The number of hydrogen-bond donors (Lipinski definition) is 0. The van der Waals surface area contributed by atoms with Crippen molar-refractivity contribution in [2.75, 3.05) is 0 Å². The van der Waals surface area contributed by atoms with Crippen molar-refractivity contribution in [1.82, 2.24) is 29.5 Å². The largest absolute Gasteiger partial charge is 0.436 e. The first-order valence-corrected chi connectivity index (χ1v) is 23.5. The summed E-state index contributed by atoms with van der Waals surface area (Å²) in [5.74, 6) is 2.78. The Balaban J connectivity index is 0.808. The molecule has 0 fully saturated rings. The number of benzene rings is 10. The topological polar surface area (TPSA) is 95.7 Å². The summed E-state index contributed by atoms with van der Waals surface area (Å²) in [6, 6.07) is 79.5. The van der Waals surface area contributed by atoms with Gasteiger partial charge in [0.25, 0.3) is 0 Å². The van der Waals surface area contributed by atoms with Crippen LogP contribution in [0.4, 0.5) is 0 Å². The molecule has 14 rings (SSSR count). The molecule has 0 radical (unpaired) electrons. The van der Waals surface area contributed by atoms with Gasteiger partial charge in [0.15, 0.2) is 28.6 Å². The van der Waals surface area contributed by atoms with Crippen molar-refractivity contribution in [2.24, 2.45) is 0 Å². The highest BCUT2D eigenvalue weighted by Crippen LogP contribution is 2.38. The second-order valence-corrected chi connectivity index (χ2v) is 17.7. The van der Waals surface area contributed by atoms with E-state index in [-0.39, 0.29) is 0 Å². The SMILES string of the molecule is c1ccc(-c2ccc(-n3c4ccccc4c4cc5cc(-c6ccc(-c7nc(-c8ccc(-c9nc%10ccccc%10o9)cc8)nc(-c8ccc(-c9nc%10ccccc%10o9)cc8)n7)cc6)ccc5cc43)cc2)cc1. The van der Waals surface area contributed by atoms with Crippen molar-refractivity contribution in [3.63, 3.8) is 0 Å². The van der Waals surface area contributed by atoms with Crippen LogP contribution in [-0.4, -0.2) is 29.5 Å². The van der Waals surface area contributed by atoms with E-state index >= 15 is 0 Å². The van der Waals surface area contributed by atoms with Crippen LogP contribution in [0.3, 0.4) is 0 Å². The van der Waals surface area contributed by atoms with Crippen LogP contribution in [0, 0.1) is 0 Å². The summed E-state index contributed by atoms with van der Waals surface area (Å²) in [4.78, 5) is 24.6. The Morgan fingerprint density at radius 3 is 1.31 bits per heavy atom. The van der Waals surface area contributed by atoms with Crippen LogP contribution in [0.25, 0.3) is 140 Å². The molecule has 0 amide bonds. The Labute approximate surface area is 406 Å². The minimum atomic E-state index is 0.549. The standard InChI is InChI=1S/C63H38N6O2/c1-2-10-39(11-3-1)40-32-34-50(35-33-40)69-55-15-7-4-12-51(55)52-37-49-36-47(30-31-48(49)38-56(52)69)41-18-20-42(21-19-41)59-66-60(43-22-26-45(27-23-43)62-64-53-13-5-8-16-57(53)70-62)68-61(67-59)44-24-28-46(29-25-44)63-65-54-14-6-9-17-58(54)71-63/h1-38H. The zero-order valence-electron chi connectivity index (χ0n) is 37.9. The zero-order valence-corrected chi connectivity index (χ0v) is 37.9. The third kappa shape index (κ3) is 7.21.